The van der Waals surface area contributed by atoms with E-state index >= 15 is 0 Å². The summed E-state index contributed by atoms with van der Waals surface area (Å²) in [6.45, 7) is 1.33. The summed E-state index contributed by atoms with van der Waals surface area (Å²) < 4.78 is 46.8. The van der Waals surface area contributed by atoms with Gasteiger partial charge in [0.15, 0.2) is 0 Å². The summed E-state index contributed by atoms with van der Waals surface area (Å²) in [7, 11) is -2.37. The number of carbonyl (C=O) groups is 1. The van der Waals surface area contributed by atoms with Gasteiger partial charge in [0, 0.05) is 25.7 Å². The number of sulfonamides is 1. The monoisotopic (exact) mass is 420 g/mol. The maximum absolute atomic E-state index is 14.3. The topological polar surface area (TPSA) is 66.9 Å². The number of para-hydroxylation sites is 1. The number of benzene rings is 2. The number of hydrogen-bond donors (Lipinski definition) is 0. The summed E-state index contributed by atoms with van der Waals surface area (Å²) in [5.41, 5.74) is 0.129. The Morgan fingerprint density at radius 3 is 2.48 bits per heavy atom. The lowest BCUT2D eigenvalue weighted by Crippen LogP contribution is -2.36. The van der Waals surface area contributed by atoms with Crippen molar-refractivity contribution >= 4 is 15.9 Å². The largest absolute Gasteiger partial charge is 0.492 e. The summed E-state index contributed by atoms with van der Waals surface area (Å²) in [6, 6.07) is 12.7. The minimum absolute atomic E-state index is 0.129. The molecule has 1 aliphatic rings. The molecule has 0 spiro atoms. The van der Waals surface area contributed by atoms with Crippen LogP contribution < -0.4 is 4.74 Å². The van der Waals surface area contributed by atoms with E-state index in [1.807, 2.05) is 30.3 Å². The predicted octanol–water partition coefficient (Wildman–Crippen LogP) is 3.15. The first-order valence-electron chi connectivity index (χ1n) is 9.62. The minimum atomic E-state index is -3.96. The molecule has 1 aliphatic heterocycles. The molecular formula is C21H25FN2O4S. The Hall–Kier alpha value is -2.45. The zero-order valence-corrected chi connectivity index (χ0v) is 17.2. The molecule has 0 saturated carbocycles. The molecule has 1 amide bonds. The fourth-order valence-electron chi connectivity index (χ4n) is 3.22. The van der Waals surface area contributed by atoms with E-state index in [-0.39, 0.29) is 12.2 Å². The van der Waals surface area contributed by atoms with Crippen LogP contribution in [0.4, 0.5) is 4.39 Å². The van der Waals surface area contributed by atoms with Gasteiger partial charge in [-0.1, -0.05) is 24.6 Å². The molecule has 0 radical (unpaired) electrons. The van der Waals surface area contributed by atoms with E-state index in [0.29, 0.717) is 25.4 Å². The Bertz CT molecular complexity index is 944. The lowest BCUT2D eigenvalue weighted by Gasteiger charge is -2.26. The van der Waals surface area contributed by atoms with E-state index in [4.69, 9.17) is 4.74 Å². The van der Waals surface area contributed by atoms with Gasteiger partial charge < -0.3 is 9.64 Å². The van der Waals surface area contributed by atoms with Crippen LogP contribution in [0.1, 0.15) is 29.6 Å². The van der Waals surface area contributed by atoms with Crippen LogP contribution in [-0.4, -0.2) is 56.8 Å². The van der Waals surface area contributed by atoms with Crippen LogP contribution in [0.5, 0.6) is 5.75 Å². The molecule has 0 unspecified atom stereocenters. The molecule has 0 atom stereocenters. The molecule has 3 rings (SSSR count). The quantitative estimate of drug-likeness (QED) is 0.690. The van der Waals surface area contributed by atoms with Gasteiger partial charge in [0.25, 0.3) is 5.91 Å². The summed E-state index contributed by atoms with van der Waals surface area (Å²) in [5, 5.41) is 0. The van der Waals surface area contributed by atoms with Crippen molar-refractivity contribution in [2.24, 2.45) is 0 Å². The SMILES string of the molecule is CN(CCOc1ccccc1)C(=O)c1ccc(F)c(S(=O)(=O)N2CCCCC2)c1. The van der Waals surface area contributed by atoms with Crippen molar-refractivity contribution in [2.45, 2.75) is 24.2 Å². The van der Waals surface area contributed by atoms with Gasteiger partial charge >= 0.3 is 0 Å². The number of amides is 1. The van der Waals surface area contributed by atoms with E-state index in [9.17, 15) is 17.6 Å². The first-order chi connectivity index (χ1) is 13.9. The molecule has 29 heavy (non-hydrogen) atoms. The van der Waals surface area contributed by atoms with E-state index in [1.54, 1.807) is 7.05 Å². The van der Waals surface area contributed by atoms with Crippen molar-refractivity contribution in [3.63, 3.8) is 0 Å². The van der Waals surface area contributed by atoms with Crippen molar-refractivity contribution < 1.29 is 22.3 Å². The smallest absolute Gasteiger partial charge is 0.253 e. The molecule has 1 heterocycles. The number of piperidine rings is 1. The fraction of sp³-hybridized carbons (Fsp3) is 0.381. The van der Waals surface area contributed by atoms with Crippen molar-refractivity contribution in [3.05, 3.63) is 59.9 Å². The highest BCUT2D eigenvalue weighted by molar-refractivity contribution is 7.89. The molecule has 2 aromatic rings. The number of carbonyl (C=O) groups excluding carboxylic acids is 1. The third kappa shape index (κ3) is 5.13. The maximum Gasteiger partial charge on any atom is 0.253 e. The number of likely N-dealkylation sites (N-methyl/N-ethyl adjacent to an activating group) is 1. The third-order valence-electron chi connectivity index (χ3n) is 4.90. The van der Waals surface area contributed by atoms with Crippen molar-refractivity contribution in [3.8, 4) is 5.75 Å². The van der Waals surface area contributed by atoms with Crippen LogP contribution in [0.15, 0.2) is 53.4 Å². The van der Waals surface area contributed by atoms with Gasteiger partial charge in [-0.25, -0.2) is 12.8 Å². The van der Waals surface area contributed by atoms with Crippen molar-refractivity contribution in [2.75, 3.05) is 33.3 Å². The highest BCUT2D eigenvalue weighted by atomic mass is 32.2. The van der Waals surface area contributed by atoms with E-state index < -0.39 is 26.6 Å². The second-order valence-electron chi connectivity index (χ2n) is 7.00. The average molecular weight is 421 g/mol. The Kier molecular flexibility index (Phi) is 6.87. The van der Waals surface area contributed by atoms with Gasteiger partial charge in [-0.2, -0.15) is 4.31 Å². The second-order valence-corrected chi connectivity index (χ2v) is 8.90. The van der Waals surface area contributed by atoms with Gasteiger partial charge in [0.1, 0.15) is 23.1 Å². The van der Waals surface area contributed by atoms with Gasteiger partial charge in [-0.05, 0) is 43.2 Å². The molecule has 6 nitrogen and oxygen atoms in total. The summed E-state index contributed by atoms with van der Waals surface area (Å²) in [4.78, 5) is 13.7. The van der Waals surface area contributed by atoms with Crippen LogP contribution in [0.2, 0.25) is 0 Å². The lowest BCUT2D eigenvalue weighted by atomic mass is 10.2. The summed E-state index contributed by atoms with van der Waals surface area (Å²) >= 11 is 0. The fourth-order valence-corrected chi connectivity index (χ4v) is 4.82. The van der Waals surface area contributed by atoms with Gasteiger partial charge in [-0.3, -0.25) is 4.79 Å². The van der Waals surface area contributed by atoms with Gasteiger partial charge in [0.2, 0.25) is 10.0 Å². The van der Waals surface area contributed by atoms with Gasteiger partial charge in [0.05, 0.1) is 6.54 Å². The normalized spacial score (nSPS) is 15.1. The van der Waals surface area contributed by atoms with E-state index in [2.05, 4.69) is 0 Å². The Labute approximate surface area is 170 Å². The second kappa shape index (κ2) is 9.37. The molecule has 0 bridgehead atoms. The van der Waals surface area contributed by atoms with Crippen LogP contribution in [0, 0.1) is 5.82 Å². The standard InChI is InChI=1S/C21H25FN2O4S/c1-23(14-15-28-18-8-4-2-5-9-18)21(25)17-10-11-19(22)20(16-17)29(26,27)24-12-6-3-7-13-24/h2,4-5,8-11,16H,3,6-7,12-15H2,1H3. The zero-order chi connectivity index (χ0) is 20.9. The first kappa shape index (κ1) is 21.3. The number of ether oxygens (including phenoxy) is 1. The summed E-state index contributed by atoms with van der Waals surface area (Å²) in [5.74, 6) is -0.538. The molecule has 0 N–H and O–H groups in total. The number of rotatable bonds is 7. The Balaban J connectivity index is 1.70. The molecular weight excluding hydrogens is 395 g/mol. The van der Waals surface area contributed by atoms with E-state index in [0.717, 1.165) is 31.4 Å². The van der Waals surface area contributed by atoms with Crippen LogP contribution in [0.25, 0.3) is 0 Å². The lowest BCUT2D eigenvalue weighted by molar-refractivity contribution is 0.0773. The molecule has 2 aromatic carbocycles. The predicted molar refractivity (Wildman–Crippen MR) is 108 cm³/mol. The number of hydrogen-bond acceptors (Lipinski definition) is 4. The highest BCUT2D eigenvalue weighted by Gasteiger charge is 2.29. The number of nitrogens with zero attached hydrogens (tertiary/aromatic N) is 2. The first-order valence-corrected chi connectivity index (χ1v) is 11.1. The molecule has 0 aliphatic carbocycles. The van der Waals surface area contributed by atoms with E-state index in [1.165, 1.54) is 15.3 Å². The molecule has 156 valence electrons. The summed E-state index contributed by atoms with van der Waals surface area (Å²) in [6.07, 6.45) is 2.47. The van der Waals surface area contributed by atoms with Crippen molar-refractivity contribution in [1.29, 1.82) is 0 Å². The average Bonchev–Trinajstić information content (AvgIpc) is 2.74. The van der Waals surface area contributed by atoms with Crippen LogP contribution in [-0.2, 0) is 10.0 Å². The van der Waals surface area contributed by atoms with Crippen LogP contribution >= 0.6 is 0 Å². The minimum Gasteiger partial charge on any atom is -0.492 e. The molecule has 1 saturated heterocycles. The Morgan fingerprint density at radius 1 is 1.10 bits per heavy atom. The third-order valence-corrected chi connectivity index (χ3v) is 6.81. The van der Waals surface area contributed by atoms with Gasteiger partial charge in [-0.15, -0.1) is 0 Å². The van der Waals surface area contributed by atoms with Crippen molar-refractivity contribution in [1.82, 2.24) is 9.21 Å². The maximum atomic E-state index is 14.3. The zero-order valence-electron chi connectivity index (χ0n) is 16.4. The Morgan fingerprint density at radius 2 is 1.79 bits per heavy atom. The van der Waals surface area contributed by atoms with Crippen LogP contribution in [0.3, 0.4) is 0 Å². The molecule has 8 heteroatoms. The highest BCUT2D eigenvalue weighted by Crippen LogP contribution is 2.24. The molecule has 0 aromatic heterocycles. The number of halogens is 1. The molecule has 1 fully saturated rings.